The maximum atomic E-state index is 5.10. The van der Waals surface area contributed by atoms with Crippen molar-refractivity contribution in [3.8, 4) is 0 Å². The molecule has 0 saturated heterocycles. The quantitative estimate of drug-likeness (QED) is 0.567. The fourth-order valence-corrected chi connectivity index (χ4v) is 0. The van der Waals surface area contributed by atoms with Crippen molar-refractivity contribution in [1.82, 2.24) is 0 Å². The summed E-state index contributed by atoms with van der Waals surface area (Å²) in [6.45, 7) is 1.89. The lowest BCUT2D eigenvalue weighted by molar-refractivity contribution is 1.40. The minimum Gasteiger partial charge on any atom is -0.127 e. The first kappa shape index (κ1) is 11.9. The number of alkyl halides is 4. The molecule has 0 N–H and O–H groups in total. The van der Waals surface area contributed by atoms with Crippen molar-refractivity contribution in [3.05, 3.63) is 0 Å². The van der Waals surface area contributed by atoms with E-state index < -0.39 is 4.84 Å². The first-order valence-corrected chi connectivity index (χ1v) is 4.03. The van der Waals surface area contributed by atoms with Gasteiger partial charge >= 0.3 is 0 Å². The van der Waals surface area contributed by atoms with E-state index in [1.54, 1.807) is 0 Å². The van der Waals surface area contributed by atoms with Crippen molar-refractivity contribution in [2.45, 2.75) is 11.8 Å². The molecule has 0 fully saturated rings. The second-order valence-electron chi connectivity index (χ2n) is 0.813. The van der Waals surface area contributed by atoms with Crippen molar-refractivity contribution in [2.75, 3.05) is 11.8 Å². The monoisotopic (exact) mass is 196 g/mol. The lowest BCUT2D eigenvalue weighted by Gasteiger charge is -1.82. The van der Waals surface area contributed by atoms with Crippen LogP contribution in [0.5, 0.6) is 0 Å². The summed E-state index contributed by atoms with van der Waals surface area (Å²) in [7, 11) is 0. The normalized spacial score (nSPS) is 8.25. The van der Waals surface area contributed by atoms with Gasteiger partial charge in [-0.15, -0.1) is 46.4 Å². The second kappa shape index (κ2) is 11.0. The molecule has 0 heterocycles. The van der Waals surface area contributed by atoms with Crippen LogP contribution in [-0.4, -0.2) is 16.6 Å². The van der Waals surface area contributed by atoms with Crippen molar-refractivity contribution >= 4 is 46.4 Å². The van der Waals surface area contributed by atoms with Gasteiger partial charge in [0.2, 0.25) is 0 Å². The van der Waals surface area contributed by atoms with E-state index in [0.717, 1.165) is 5.88 Å². The van der Waals surface area contributed by atoms with Gasteiger partial charge in [0, 0.05) is 5.88 Å². The summed E-state index contributed by atoms with van der Waals surface area (Å²) >= 11 is 20.3. The molecule has 52 valence electrons. The molecule has 0 aromatic carbocycles. The minimum absolute atomic E-state index is 0.309. The third-order valence-corrected chi connectivity index (χ3v) is 1.05. The first-order chi connectivity index (χ1) is 3.68. The number of rotatable bonds is 1. The van der Waals surface area contributed by atoms with Gasteiger partial charge in [0.1, 0.15) is 4.84 Å². The Morgan fingerprint density at radius 3 is 1.38 bits per heavy atom. The summed E-state index contributed by atoms with van der Waals surface area (Å²) in [5.41, 5.74) is 0. The van der Waals surface area contributed by atoms with Gasteiger partial charge < -0.3 is 0 Å². The van der Waals surface area contributed by atoms with Crippen LogP contribution in [0.4, 0.5) is 0 Å². The zero-order chi connectivity index (χ0) is 6.99. The van der Waals surface area contributed by atoms with Crippen LogP contribution in [-0.2, 0) is 0 Å². The van der Waals surface area contributed by atoms with Gasteiger partial charge in [-0.25, -0.2) is 0 Å². The van der Waals surface area contributed by atoms with E-state index in [0.29, 0.717) is 5.88 Å². The Morgan fingerprint density at radius 1 is 1.25 bits per heavy atom. The number of hydrogen-bond donors (Lipinski definition) is 0. The van der Waals surface area contributed by atoms with Gasteiger partial charge in [-0.1, -0.05) is 6.92 Å². The Hall–Kier alpha value is 1.16. The molecule has 0 aromatic rings. The van der Waals surface area contributed by atoms with Crippen LogP contribution < -0.4 is 0 Å². The third-order valence-electron chi connectivity index (χ3n) is 0.117. The molecule has 4 heteroatoms. The lowest BCUT2D eigenvalue weighted by Crippen LogP contribution is -1.82. The zero-order valence-electron chi connectivity index (χ0n) is 4.50. The van der Waals surface area contributed by atoms with Crippen LogP contribution in [0.2, 0.25) is 0 Å². The molecule has 0 saturated carbocycles. The average molecular weight is 198 g/mol. The lowest BCUT2D eigenvalue weighted by atomic mass is 10.9. The summed E-state index contributed by atoms with van der Waals surface area (Å²) in [6.07, 6.45) is 0. The molecular weight excluding hydrogens is 190 g/mol. The van der Waals surface area contributed by atoms with Crippen LogP contribution in [0.1, 0.15) is 6.92 Å². The highest BCUT2D eigenvalue weighted by atomic mass is 35.5. The van der Waals surface area contributed by atoms with Crippen molar-refractivity contribution < 1.29 is 0 Å². The van der Waals surface area contributed by atoms with Crippen LogP contribution >= 0.6 is 46.4 Å². The highest BCUT2D eigenvalue weighted by molar-refractivity contribution is 6.47. The van der Waals surface area contributed by atoms with E-state index in [1.807, 2.05) is 6.92 Å². The second-order valence-corrected chi connectivity index (χ2v) is 2.93. The predicted molar refractivity (Wildman–Crippen MR) is 42.6 cm³/mol. The van der Waals surface area contributed by atoms with Crippen molar-refractivity contribution in [3.63, 3.8) is 0 Å². The van der Waals surface area contributed by atoms with Crippen molar-refractivity contribution in [1.29, 1.82) is 0 Å². The minimum atomic E-state index is -0.406. The Labute approximate surface area is 70.1 Å². The smallest absolute Gasteiger partial charge is 0.121 e. The van der Waals surface area contributed by atoms with Gasteiger partial charge in [0.15, 0.2) is 0 Å². The SMILES string of the molecule is CCCl.ClCC(Cl)Cl. The molecular formula is C4H8Cl4. The van der Waals surface area contributed by atoms with E-state index >= 15 is 0 Å². The molecule has 0 aliphatic carbocycles. The molecule has 0 bridgehead atoms. The Morgan fingerprint density at radius 2 is 1.38 bits per heavy atom. The Bertz CT molecular complexity index is 29.2. The molecule has 0 aliphatic rings. The number of hydrogen-bond acceptors (Lipinski definition) is 0. The van der Waals surface area contributed by atoms with Gasteiger partial charge in [0.05, 0.1) is 5.88 Å². The van der Waals surface area contributed by atoms with E-state index in [1.165, 1.54) is 0 Å². The molecule has 0 amide bonds. The third kappa shape index (κ3) is 27.2. The van der Waals surface area contributed by atoms with Crippen LogP contribution in [0.15, 0.2) is 0 Å². The van der Waals surface area contributed by atoms with Crippen molar-refractivity contribution in [2.24, 2.45) is 0 Å². The van der Waals surface area contributed by atoms with E-state index in [-0.39, 0.29) is 0 Å². The summed E-state index contributed by atoms with van der Waals surface area (Å²) < 4.78 is 0. The Kier molecular flexibility index (Phi) is 16.4. The van der Waals surface area contributed by atoms with Gasteiger partial charge in [-0.3, -0.25) is 0 Å². The van der Waals surface area contributed by atoms with Crippen LogP contribution in [0, 0.1) is 0 Å². The maximum Gasteiger partial charge on any atom is 0.121 e. The summed E-state index contributed by atoms with van der Waals surface area (Å²) in [5.74, 6) is 1.03. The van der Waals surface area contributed by atoms with E-state index in [4.69, 9.17) is 46.4 Å². The molecule has 0 rings (SSSR count). The molecule has 0 aromatic heterocycles. The topological polar surface area (TPSA) is 0 Å². The van der Waals surface area contributed by atoms with E-state index in [9.17, 15) is 0 Å². The van der Waals surface area contributed by atoms with Gasteiger partial charge in [0.25, 0.3) is 0 Å². The average Bonchev–Trinajstić information content (AvgIpc) is 1.69. The van der Waals surface area contributed by atoms with Crippen LogP contribution in [0.3, 0.4) is 0 Å². The molecule has 0 atom stereocenters. The summed E-state index contributed by atoms with van der Waals surface area (Å²) in [5, 5.41) is 0. The molecule has 0 aliphatic heterocycles. The van der Waals surface area contributed by atoms with Crippen LogP contribution in [0.25, 0.3) is 0 Å². The zero-order valence-corrected chi connectivity index (χ0v) is 7.53. The first-order valence-electron chi connectivity index (χ1n) is 2.09. The Balaban J connectivity index is 0. The largest absolute Gasteiger partial charge is 0.127 e. The highest BCUT2D eigenvalue weighted by Gasteiger charge is 1.88. The predicted octanol–water partition coefficient (Wildman–Crippen LogP) is 3.27. The molecule has 0 spiro atoms. The number of halogens is 4. The molecule has 0 unspecified atom stereocenters. The summed E-state index contributed by atoms with van der Waals surface area (Å²) in [4.78, 5) is -0.406. The molecule has 8 heavy (non-hydrogen) atoms. The standard InChI is InChI=1S/C2H3Cl3.C2H5Cl/c3-1-2(4)5;1-2-3/h2H,1H2;2H2,1H3. The fraction of sp³-hybridized carbons (Fsp3) is 1.00. The van der Waals surface area contributed by atoms with Gasteiger partial charge in [-0.05, 0) is 0 Å². The maximum absolute atomic E-state index is 5.10. The molecule has 0 nitrogen and oxygen atoms in total. The molecule has 0 radical (unpaired) electrons. The fourth-order valence-electron chi connectivity index (χ4n) is 0. The van der Waals surface area contributed by atoms with E-state index in [2.05, 4.69) is 0 Å². The summed E-state index contributed by atoms with van der Waals surface area (Å²) in [6, 6.07) is 0. The van der Waals surface area contributed by atoms with Gasteiger partial charge in [-0.2, -0.15) is 0 Å². The highest BCUT2D eigenvalue weighted by Crippen LogP contribution is 2.01.